The summed E-state index contributed by atoms with van der Waals surface area (Å²) in [7, 11) is 0. The largest absolute Gasteiger partial charge is 0.399 e. The lowest BCUT2D eigenvalue weighted by molar-refractivity contribution is 0.606. The summed E-state index contributed by atoms with van der Waals surface area (Å²) in [6.45, 7) is 5.41. The molecule has 0 radical (unpaired) electrons. The average molecular weight is 255 g/mol. The maximum atomic E-state index is 5.68. The number of aromatic nitrogens is 1. The summed E-state index contributed by atoms with van der Waals surface area (Å²) in [6, 6.07) is 11.9. The highest BCUT2D eigenvalue weighted by atomic mass is 15.0. The van der Waals surface area contributed by atoms with Gasteiger partial charge in [0.25, 0.3) is 0 Å². The van der Waals surface area contributed by atoms with Crippen LogP contribution in [0.5, 0.6) is 0 Å². The number of nitrogens with two attached hydrogens (primary N) is 1. The van der Waals surface area contributed by atoms with Gasteiger partial charge < -0.3 is 11.1 Å². The lowest BCUT2D eigenvalue weighted by atomic mass is 10.1. The molecule has 1 aromatic carbocycles. The van der Waals surface area contributed by atoms with Gasteiger partial charge in [-0.3, -0.25) is 0 Å². The van der Waals surface area contributed by atoms with Gasteiger partial charge in [0.15, 0.2) is 0 Å². The lowest BCUT2D eigenvalue weighted by Crippen LogP contribution is -2.05. The van der Waals surface area contributed by atoms with E-state index in [9.17, 15) is 0 Å². The van der Waals surface area contributed by atoms with E-state index in [1.165, 1.54) is 0 Å². The fraction of sp³-hybridized carbons (Fsp3) is 0.312. The molecule has 0 amide bonds. The number of nitrogen functional groups attached to an aromatic ring is 1. The number of nitrogens with one attached hydrogen (secondary N) is 1. The van der Waals surface area contributed by atoms with E-state index < -0.39 is 0 Å². The van der Waals surface area contributed by atoms with Crippen molar-refractivity contribution in [3.8, 4) is 11.1 Å². The molecule has 3 heteroatoms. The van der Waals surface area contributed by atoms with Crippen LogP contribution in [-0.2, 0) is 0 Å². The highest BCUT2D eigenvalue weighted by molar-refractivity contribution is 5.65. The SMILES string of the molecule is CC(C)CCNc1ccc(-c2ccc(N)cc2)cn1. The molecule has 0 unspecified atom stereocenters. The van der Waals surface area contributed by atoms with Crippen molar-refractivity contribution in [2.24, 2.45) is 5.92 Å². The number of hydrogen-bond acceptors (Lipinski definition) is 3. The number of hydrogen-bond donors (Lipinski definition) is 2. The molecule has 0 aliphatic carbocycles. The molecule has 0 spiro atoms. The lowest BCUT2D eigenvalue weighted by Gasteiger charge is -2.08. The van der Waals surface area contributed by atoms with Crippen LogP contribution in [0.25, 0.3) is 11.1 Å². The van der Waals surface area contributed by atoms with Crippen LogP contribution in [0, 0.1) is 5.92 Å². The molecular formula is C16H21N3. The molecule has 3 N–H and O–H groups in total. The second-order valence-electron chi connectivity index (χ2n) is 5.16. The van der Waals surface area contributed by atoms with Gasteiger partial charge in [0.1, 0.15) is 5.82 Å². The van der Waals surface area contributed by atoms with Crippen molar-refractivity contribution in [1.82, 2.24) is 4.98 Å². The first kappa shape index (κ1) is 13.4. The van der Waals surface area contributed by atoms with Crippen LogP contribution in [-0.4, -0.2) is 11.5 Å². The smallest absolute Gasteiger partial charge is 0.125 e. The van der Waals surface area contributed by atoms with Crippen LogP contribution in [0.3, 0.4) is 0 Å². The van der Waals surface area contributed by atoms with E-state index in [2.05, 4.69) is 30.2 Å². The third-order valence-corrected chi connectivity index (χ3v) is 3.04. The Bertz CT molecular complexity index is 501. The Labute approximate surface area is 114 Å². The molecule has 0 fully saturated rings. The standard InChI is InChI=1S/C16H21N3/c1-12(2)9-10-18-16-8-5-14(11-19-16)13-3-6-15(17)7-4-13/h3-8,11-12H,9-10,17H2,1-2H3,(H,18,19). The maximum Gasteiger partial charge on any atom is 0.125 e. The van der Waals surface area contributed by atoms with E-state index in [0.29, 0.717) is 5.92 Å². The van der Waals surface area contributed by atoms with E-state index in [1.54, 1.807) is 0 Å². The van der Waals surface area contributed by atoms with Crippen molar-refractivity contribution >= 4 is 11.5 Å². The molecule has 2 aromatic rings. The van der Waals surface area contributed by atoms with Crippen molar-refractivity contribution in [1.29, 1.82) is 0 Å². The molecule has 0 aliphatic rings. The number of rotatable bonds is 5. The second-order valence-corrected chi connectivity index (χ2v) is 5.16. The summed E-state index contributed by atoms with van der Waals surface area (Å²) < 4.78 is 0. The first-order chi connectivity index (χ1) is 9.15. The van der Waals surface area contributed by atoms with Crippen LogP contribution in [0.2, 0.25) is 0 Å². The van der Waals surface area contributed by atoms with Crippen molar-refractivity contribution in [3.63, 3.8) is 0 Å². The first-order valence-electron chi connectivity index (χ1n) is 6.71. The van der Waals surface area contributed by atoms with Gasteiger partial charge in [-0.25, -0.2) is 4.98 Å². The molecule has 0 aliphatic heterocycles. The molecule has 19 heavy (non-hydrogen) atoms. The summed E-state index contributed by atoms with van der Waals surface area (Å²) in [5, 5.41) is 3.33. The Hall–Kier alpha value is -2.03. The van der Waals surface area contributed by atoms with Crippen molar-refractivity contribution in [2.45, 2.75) is 20.3 Å². The van der Waals surface area contributed by atoms with E-state index >= 15 is 0 Å². The normalized spacial score (nSPS) is 10.7. The molecule has 100 valence electrons. The molecule has 0 atom stereocenters. The van der Waals surface area contributed by atoms with Crippen molar-refractivity contribution in [2.75, 3.05) is 17.6 Å². The number of nitrogens with zero attached hydrogens (tertiary/aromatic N) is 1. The number of anilines is 2. The molecule has 1 heterocycles. The third kappa shape index (κ3) is 3.98. The van der Waals surface area contributed by atoms with E-state index in [1.807, 2.05) is 36.5 Å². The van der Waals surface area contributed by atoms with Gasteiger partial charge >= 0.3 is 0 Å². The number of benzene rings is 1. The zero-order valence-electron chi connectivity index (χ0n) is 11.6. The van der Waals surface area contributed by atoms with Gasteiger partial charge in [0.05, 0.1) is 0 Å². The van der Waals surface area contributed by atoms with Crippen LogP contribution in [0.1, 0.15) is 20.3 Å². The van der Waals surface area contributed by atoms with Crippen LogP contribution >= 0.6 is 0 Å². The van der Waals surface area contributed by atoms with Gasteiger partial charge in [-0.15, -0.1) is 0 Å². The molecule has 0 bridgehead atoms. The van der Waals surface area contributed by atoms with E-state index in [-0.39, 0.29) is 0 Å². The van der Waals surface area contributed by atoms with Gasteiger partial charge in [-0.05, 0) is 42.2 Å². The van der Waals surface area contributed by atoms with E-state index in [0.717, 1.165) is 35.6 Å². The van der Waals surface area contributed by atoms with E-state index in [4.69, 9.17) is 5.73 Å². The summed E-state index contributed by atoms with van der Waals surface area (Å²) in [6.07, 6.45) is 3.05. The summed E-state index contributed by atoms with van der Waals surface area (Å²) in [5.41, 5.74) is 8.70. The Balaban J connectivity index is 2.00. The fourth-order valence-electron chi connectivity index (χ4n) is 1.83. The topological polar surface area (TPSA) is 50.9 Å². The summed E-state index contributed by atoms with van der Waals surface area (Å²) >= 11 is 0. The Morgan fingerprint density at radius 2 is 1.74 bits per heavy atom. The summed E-state index contributed by atoms with van der Waals surface area (Å²) in [4.78, 5) is 4.43. The predicted octanol–water partition coefficient (Wildman–Crippen LogP) is 3.79. The average Bonchev–Trinajstić information content (AvgIpc) is 2.40. The predicted molar refractivity (Wildman–Crippen MR) is 82.0 cm³/mol. The van der Waals surface area contributed by atoms with Crippen LogP contribution < -0.4 is 11.1 Å². The Morgan fingerprint density at radius 3 is 2.32 bits per heavy atom. The monoisotopic (exact) mass is 255 g/mol. The van der Waals surface area contributed by atoms with Gasteiger partial charge in [0.2, 0.25) is 0 Å². The van der Waals surface area contributed by atoms with Gasteiger partial charge in [-0.2, -0.15) is 0 Å². The minimum absolute atomic E-state index is 0.710. The zero-order valence-corrected chi connectivity index (χ0v) is 11.6. The Kier molecular flexibility index (Phi) is 4.39. The maximum absolute atomic E-state index is 5.68. The minimum Gasteiger partial charge on any atom is -0.399 e. The van der Waals surface area contributed by atoms with Crippen molar-refractivity contribution in [3.05, 3.63) is 42.6 Å². The quantitative estimate of drug-likeness (QED) is 0.799. The van der Waals surface area contributed by atoms with Crippen LogP contribution in [0.4, 0.5) is 11.5 Å². The zero-order chi connectivity index (χ0) is 13.7. The van der Waals surface area contributed by atoms with Gasteiger partial charge in [-0.1, -0.05) is 26.0 Å². The molecule has 0 saturated heterocycles. The highest BCUT2D eigenvalue weighted by Crippen LogP contribution is 2.20. The molecule has 1 aromatic heterocycles. The first-order valence-corrected chi connectivity index (χ1v) is 6.71. The minimum atomic E-state index is 0.710. The molecule has 2 rings (SSSR count). The molecular weight excluding hydrogens is 234 g/mol. The molecule has 3 nitrogen and oxygen atoms in total. The van der Waals surface area contributed by atoms with Gasteiger partial charge in [0, 0.05) is 24.0 Å². The molecule has 0 saturated carbocycles. The Morgan fingerprint density at radius 1 is 1.05 bits per heavy atom. The second kappa shape index (κ2) is 6.23. The number of pyridine rings is 1. The fourth-order valence-corrected chi connectivity index (χ4v) is 1.83. The summed E-state index contributed by atoms with van der Waals surface area (Å²) in [5.74, 6) is 1.64. The third-order valence-electron chi connectivity index (χ3n) is 3.04. The highest BCUT2D eigenvalue weighted by Gasteiger charge is 1.99. The van der Waals surface area contributed by atoms with Crippen LogP contribution in [0.15, 0.2) is 42.6 Å². The van der Waals surface area contributed by atoms with Crippen molar-refractivity contribution < 1.29 is 0 Å².